The first kappa shape index (κ1) is 14.3. The Morgan fingerprint density at radius 3 is 2.74 bits per heavy atom. The largest absolute Gasteiger partial charge is 0.360 e. The molecule has 0 saturated heterocycles. The van der Waals surface area contributed by atoms with Crippen LogP contribution in [0.5, 0.6) is 0 Å². The fraction of sp³-hybridized carbons (Fsp3) is 0.375. The maximum Gasteiger partial charge on any atom is 0.267 e. The molecule has 4 rings (SSSR count). The van der Waals surface area contributed by atoms with Gasteiger partial charge in [0.15, 0.2) is 5.82 Å². The number of thiophene rings is 1. The Labute approximate surface area is 136 Å². The van der Waals surface area contributed by atoms with E-state index < -0.39 is 0 Å². The van der Waals surface area contributed by atoms with Crippen LogP contribution in [0.25, 0.3) is 10.2 Å². The molecule has 0 aliphatic heterocycles. The maximum atomic E-state index is 12.5. The number of hydrogen-bond donors (Lipinski definition) is 1. The van der Waals surface area contributed by atoms with Gasteiger partial charge in [-0.2, -0.15) is 0 Å². The van der Waals surface area contributed by atoms with E-state index in [-0.39, 0.29) is 5.91 Å². The number of fused-ring (bicyclic) bond motifs is 1. The van der Waals surface area contributed by atoms with Gasteiger partial charge in [-0.25, -0.2) is 9.97 Å². The van der Waals surface area contributed by atoms with Crippen molar-refractivity contribution in [3.8, 4) is 0 Å². The average molecular weight is 328 g/mol. The van der Waals surface area contributed by atoms with Crippen LogP contribution in [0.4, 0.5) is 5.82 Å². The van der Waals surface area contributed by atoms with E-state index in [1.165, 1.54) is 11.3 Å². The smallest absolute Gasteiger partial charge is 0.267 e. The Kier molecular flexibility index (Phi) is 3.19. The maximum absolute atomic E-state index is 12.5. The monoisotopic (exact) mass is 328 g/mol. The summed E-state index contributed by atoms with van der Waals surface area (Å²) in [5, 5.41) is 7.55. The number of nitrogens with zero attached hydrogens (tertiary/aromatic N) is 3. The van der Waals surface area contributed by atoms with E-state index in [0.29, 0.717) is 22.4 Å². The second-order valence-electron chi connectivity index (χ2n) is 5.95. The summed E-state index contributed by atoms with van der Waals surface area (Å²) in [6.45, 7) is 5.71. The Balaban J connectivity index is 1.73. The van der Waals surface area contributed by atoms with Crippen LogP contribution in [0.3, 0.4) is 0 Å². The molecule has 0 atom stereocenters. The van der Waals surface area contributed by atoms with Crippen LogP contribution < -0.4 is 5.32 Å². The highest BCUT2D eigenvalue weighted by molar-refractivity contribution is 7.20. The molecule has 1 fully saturated rings. The topological polar surface area (TPSA) is 80.9 Å². The number of aryl methyl sites for hydroxylation is 3. The molecule has 3 aromatic rings. The SMILES string of the molecule is Cc1cc(NC(=O)c2sc3nc(C4CC4)nc(C)c3c2C)no1. The molecular formula is C16H16N4O2S. The number of nitrogens with one attached hydrogen (secondary N) is 1. The summed E-state index contributed by atoms with van der Waals surface area (Å²) in [4.78, 5) is 23.3. The number of anilines is 1. The molecule has 1 aliphatic carbocycles. The number of carbonyl (C=O) groups excluding carboxylic acids is 1. The number of carbonyl (C=O) groups is 1. The van der Waals surface area contributed by atoms with E-state index in [2.05, 4.69) is 20.4 Å². The number of rotatable bonds is 3. The van der Waals surface area contributed by atoms with Crippen LogP contribution in [0.2, 0.25) is 0 Å². The first-order chi connectivity index (χ1) is 11.0. The van der Waals surface area contributed by atoms with Crippen LogP contribution in [0.1, 0.15) is 51.3 Å². The Morgan fingerprint density at radius 1 is 1.30 bits per heavy atom. The third-order valence-corrected chi connectivity index (χ3v) is 5.19. The lowest BCUT2D eigenvalue weighted by Crippen LogP contribution is -2.11. The van der Waals surface area contributed by atoms with Crippen molar-refractivity contribution < 1.29 is 9.32 Å². The van der Waals surface area contributed by atoms with Crippen LogP contribution in [0, 0.1) is 20.8 Å². The highest BCUT2D eigenvalue weighted by Crippen LogP contribution is 2.40. The van der Waals surface area contributed by atoms with Crippen molar-refractivity contribution in [2.75, 3.05) is 5.32 Å². The molecule has 23 heavy (non-hydrogen) atoms. The lowest BCUT2D eigenvalue weighted by Gasteiger charge is -2.02. The van der Waals surface area contributed by atoms with Crippen molar-refractivity contribution in [3.63, 3.8) is 0 Å². The Bertz CT molecular complexity index is 924. The van der Waals surface area contributed by atoms with Gasteiger partial charge in [-0.3, -0.25) is 4.79 Å². The second kappa shape index (κ2) is 5.13. The first-order valence-corrected chi connectivity index (χ1v) is 8.37. The molecule has 0 unspecified atom stereocenters. The van der Waals surface area contributed by atoms with Gasteiger partial charge in [0.05, 0.1) is 10.6 Å². The van der Waals surface area contributed by atoms with Crippen molar-refractivity contribution in [1.82, 2.24) is 15.1 Å². The van der Waals surface area contributed by atoms with E-state index in [9.17, 15) is 4.79 Å². The van der Waals surface area contributed by atoms with Crippen molar-refractivity contribution in [2.45, 2.75) is 39.5 Å². The highest BCUT2D eigenvalue weighted by Gasteiger charge is 2.28. The Hall–Kier alpha value is -2.28. The van der Waals surface area contributed by atoms with Crippen molar-refractivity contribution >= 4 is 33.3 Å². The van der Waals surface area contributed by atoms with Gasteiger partial charge in [0.2, 0.25) is 0 Å². The fourth-order valence-corrected chi connectivity index (χ4v) is 3.83. The zero-order valence-electron chi connectivity index (χ0n) is 13.1. The van der Waals surface area contributed by atoms with Crippen LogP contribution in [-0.2, 0) is 0 Å². The molecule has 0 bridgehead atoms. The lowest BCUT2D eigenvalue weighted by molar-refractivity contribution is 0.102. The summed E-state index contributed by atoms with van der Waals surface area (Å²) in [5.41, 5.74) is 1.87. The van der Waals surface area contributed by atoms with Gasteiger partial charge in [-0.15, -0.1) is 11.3 Å². The summed E-state index contributed by atoms with van der Waals surface area (Å²) in [5.74, 6) is 2.30. The zero-order chi connectivity index (χ0) is 16.1. The molecular weight excluding hydrogens is 312 g/mol. The molecule has 1 aliphatic rings. The summed E-state index contributed by atoms with van der Waals surface area (Å²) < 4.78 is 4.97. The van der Waals surface area contributed by atoms with Gasteiger partial charge in [0.25, 0.3) is 5.91 Å². The minimum Gasteiger partial charge on any atom is -0.360 e. The van der Waals surface area contributed by atoms with Gasteiger partial charge in [-0.05, 0) is 39.2 Å². The molecule has 3 heterocycles. The van der Waals surface area contributed by atoms with Crippen molar-refractivity contribution in [3.05, 3.63) is 33.8 Å². The molecule has 0 spiro atoms. The normalized spacial score (nSPS) is 14.4. The van der Waals surface area contributed by atoms with Crippen molar-refractivity contribution in [1.29, 1.82) is 0 Å². The summed E-state index contributed by atoms with van der Waals surface area (Å²) in [7, 11) is 0. The highest BCUT2D eigenvalue weighted by atomic mass is 32.1. The van der Waals surface area contributed by atoms with Gasteiger partial charge in [-0.1, -0.05) is 5.16 Å². The molecule has 7 heteroatoms. The summed E-state index contributed by atoms with van der Waals surface area (Å²) in [6, 6.07) is 1.69. The molecule has 0 aromatic carbocycles. The van der Waals surface area contributed by atoms with Gasteiger partial charge >= 0.3 is 0 Å². The predicted octanol–water partition coefficient (Wildman–Crippen LogP) is 3.73. The second-order valence-corrected chi connectivity index (χ2v) is 6.95. The molecule has 118 valence electrons. The standard InChI is InChI=1S/C16H16N4O2S/c1-7-6-11(20-22-7)18-15(21)13-8(2)12-9(3)17-14(10-4-5-10)19-16(12)23-13/h6,10H,4-5H2,1-3H3,(H,18,20,21). The predicted molar refractivity (Wildman–Crippen MR) is 88.1 cm³/mol. The fourth-order valence-electron chi connectivity index (χ4n) is 2.70. The van der Waals surface area contributed by atoms with Gasteiger partial charge in [0.1, 0.15) is 16.4 Å². The minimum absolute atomic E-state index is 0.189. The lowest BCUT2D eigenvalue weighted by atomic mass is 10.1. The van der Waals surface area contributed by atoms with Crippen LogP contribution in [-0.4, -0.2) is 21.0 Å². The number of hydrogen-bond acceptors (Lipinski definition) is 6. The third kappa shape index (κ3) is 2.50. The van der Waals surface area contributed by atoms with E-state index in [1.54, 1.807) is 13.0 Å². The first-order valence-electron chi connectivity index (χ1n) is 7.55. The Morgan fingerprint density at radius 2 is 2.09 bits per heavy atom. The molecule has 0 radical (unpaired) electrons. The van der Waals surface area contributed by atoms with Gasteiger partial charge < -0.3 is 9.84 Å². The summed E-state index contributed by atoms with van der Waals surface area (Å²) in [6.07, 6.45) is 2.32. The quantitative estimate of drug-likeness (QED) is 0.792. The molecule has 1 amide bonds. The number of aromatic nitrogens is 3. The minimum atomic E-state index is -0.189. The van der Waals surface area contributed by atoms with E-state index >= 15 is 0 Å². The summed E-state index contributed by atoms with van der Waals surface area (Å²) >= 11 is 1.41. The van der Waals surface area contributed by atoms with E-state index in [0.717, 1.165) is 40.1 Å². The molecule has 1 saturated carbocycles. The average Bonchev–Trinajstić information content (AvgIpc) is 3.19. The van der Waals surface area contributed by atoms with Crippen LogP contribution >= 0.6 is 11.3 Å². The van der Waals surface area contributed by atoms with Crippen LogP contribution in [0.15, 0.2) is 10.6 Å². The molecule has 3 aromatic heterocycles. The number of amides is 1. The molecule has 6 nitrogen and oxygen atoms in total. The van der Waals surface area contributed by atoms with E-state index in [4.69, 9.17) is 4.52 Å². The van der Waals surface area contributed by atoms with Crippen molar-refractivity contribution in [2.24, 2.45) is 0 Å². The molecule has 1 N–H and O–H groups in total. The van der Waals surface area contributed by atoms with E-state index in [1.807, 2.05) is 13.8 Å². The zero-order valence-corrected chi connectivity index (χ0v) is 14.0. The van der Waals surface area contributed by atoms with Gasteiger partial charge in [0, 0.05) is 17.4 Å². The third-order valence-electron chi connectivity index (χ3n) is 4.01.